The molecule has 1 rings (SSSR count). The normalized spacial score (nSPS) is 9.94. The van der Waals surface area contributed by atoms with E-state index in [0.717, 1.165) is 3.57 Å². The fourth-order valence-electron chi connectivity index (χ4n) is 1.20. The lowest BCUT2D eigenvalue weighted by Crippen LogP contribution is -2.10. The van der Waals surface area contributed by atoms with E-state index in [9.17, 15) is 0 Å². The number of aliphatic hydroxyl groups excluding tert-OH is 1. The molecule has 17 heavy (non-hydrogen) atoms. The van der Waals surface area contributed by atoms with Gasteiger partial charge in [-0.1, -0.05) is 0 Å². The fourth-order valence-corrected chi connectivity index (χ4v) is 2.00. The molecule has 0 aliphatic heterocycles. The lowest BCUT2D eigenvalue weighted by Gasteiger charge is -2.11. The van der Waals surface area contributed by atoms with Crippen molar-refractivity contribution in [3.05, 3.63) is 21.3 Å². The number of hydrogen-bond donors (Lipinski definition) is 2. The van der Waals surface area contributed by atoms with E-state index in [2.05, 4.69) is 22.6 Å². The molecule has 0 aliphatic carbocycles. The molecule has 0 atom stereocenters. The number of nitrogens with zero attached hydrogens (tertiary/aromatic N) is 1. The third kappa shape index (κ3) is 4.38. The van der Waals surface area contributed by atoms with Crippen molar-refractivity contribution in [1.29, 1.82) is 5.26 Å². The maximum atomic E-state index is 8.76. The molecule has 3 N–H and O–H groups in total. The highest BCUT2D eigenvalue weighted by molar-refractivity contribution is 14.1. The van der Waals surface area contributed by atoms with E-state index < -0.39 is 0 Å². The van der Waals surface area contributed by atoms with Crippen LogP contribution in [0.25, 0.3) is 0 Å². The van der Waals surface area contributed by atoms with Gasteiger partial charge in [-0.3, -0.25) is 0 Å². The van der Waals surface area contributed by atoms with E-state index in [4.69, 9.17) is 25.6 Å². The number of benzene rings is 1. The second kappa shape index (κ2) is 7.32. The molecule has 6 heteroatoms. The number of ether oxygens (including phenoxy) is 2. The summed E-state index contributed by atoms with van der Waals surface area (Å²) in [7, 11) is 0. The van der Waals surface area contributed by atoms with Gasteiger partial charge in [-0.15, -0.1) is 0 Å². The molecule has 0 unspecified atom stereocenters. The molecule has 1 aromatic rings. The first-order valence-corrected chi connectivity index (χ1v) is 6.07. The third-order valence-corrected chi connectivity index (χ3v) is 2.71. The second-order valence-corrected chi connectivity index (χ2v) is 4.33. The summed E-state index contributed by atoms with van der Waals surface area (Å²) in [4.78, 5) is 0. The smallest absolute Gasteiger partial charge is 0.155 e. The monoisotopic (exact) mass is 348 g/mol. The number of hydrogen-bond acceptors (Lipinski definition) is 5. The number of nitrogens with two attached hydrogens (primary N) is 1. The zero-order valence-corrected chi connectivity index (χ0v) is 11.3. The number of aliphatic hydroxyl groups is 1. The minimum atomic E-state index is -0.00343. The molecule has 0 amide bonds. The van der Waals surface area contributed by atoms with Crippen molar-refractivity contribution in [2.45, 2.75) is 0 Å². The van der Waals surface area contributed by atoms with Gasteiger partial charge < -0.3 is 20.3 Å². The number of anilines is 1. The predicted octanol–water partition coefficient (Wildman–Crippen LogP) is 1.13. The Labute approximate surface area is 113 Å². The molecule has 92 valence electrons. The summed E-state index contributed by atoms with van der Waals surface area (Å²) in [6.45, 7) is 1.03. The molecule has 0 bridgehead atoms. The average molecular weight is 348 g/mol. The quantitative estimate of drug-likeness (QED) is 0.457. The molecule has 5 nitrogen and oxygen atoms in total. The van der Waals surface area contributed by atoms with Crippen molar-refractivity contribution >= 4 is 28.3 Å². The minimum absolute atomic E-state index is 0.00343. The van der Waals surface area contributed by atoms with E-state index in [1.54, 1.807) is 12.1 Å². The number of nitrogen functional groups attached to an aromatic ring is 1. The van der Waals surface area contributed by atoms with Gasteiger partial charge in [0.2, 0.25) is 0 Å². The Kier molecular flexibility index (Phi) is 6.04. The first kappa shape index (κ1) is 14.0. The largest absolute Gasteiger partial charge is 0.488 e. The number of halogens is 1. The Morgan fingerprint density at radius 1 is 1.35 bits per heavy atom. The highest BCUT2D eigenvalue weighted by Gasteiger charge is 2.08. The standard InChI is InChI=1S/C11H13IN2O3/c12-9-5-8(7-13)6-10(14)11(9)17-4-3-16-2-1-15/h5-6,15H,1-4,14H2. The van der Waals surface area contributed by atoms with Crippen LogP contribution in [0.4, 0.5) is 5.69 Å². The van der Waals surface area contributed by atoms with Crippen molar-refractivity contribution in [2.24, 2.45) is 0 Å². The van der Waals surface area contributed by atoms with Crippen LogP contribution >= 0.6 is 22.6 Å². The van der Waals surface area contributed by atoms with Crippen LogP contribution in [0.5, 0.6) is 5.75 Å². The van der Waals surface area contributed by atoms with Crippen LogP contribution in [-0.4, -0.2) is 31.5 Å². The zero-order valence-electron chi connectivity index (χ0n) is 9.15. The molecule has 0 spiro atoms. The SMILES string of the molecule is N#Cc1cc(N)c(OCCOCCO)c(I)c1. The van der Waals surface area contributed by atoms with Gasteiger partial charge in [-0.2, -0.15) is 5.26 Å². The Morgan fingerprint density at radius 3 is 2.71 bits per heavy atom. The minimum Gasteiger partial charge on any atom is -0.488 e. The van der Waals surface area contributed by atoms with Gasteiger partial charge in [0.15, 0.2) is 5.75 Å². The van der Waals surface area contributed by atoms with Gasteiger partial charge in [-0.25, -0.2) is 0 Å². The van der Waals surface area contributed by atoms with Gasteiger partial charge in [0.05, 0.1) is 40.7 Å². The Balaban J connectivity index is 2.57. The summed E-state index contributed by atoms with van der Waals surface area (Å²) in [5.74, 6) is 0.567. The first-order chi connectivity index (χ1) is 8.19. The van der Waals surface area contributed by atoms with Gasteiger partial charge >= 0.3 is 0 Å². The zero-order chi connectivity index (χ0) is 12.7. The molecular formula is C11H13IN2O3. The Hall–Kier alpha value is -1.04. The van der Waals surface area contributed by atoms with Gasteiger partial charge in [-0.05, 0) is 34.7 Å². The van der Waals surface area contributed by atoms with Crippen LogP contribution in [0.1, 0.15) is 5.56 Å². The highest BCUT2D eigenvalue weighted by Crippen LogP contribution is 2.29. The van der Waals surface area contributed by atoms with E-state index >= 15 is 0 Å². The van der Waals surface area contributed by atoms with Crippen LogP contribution in [0, 0.1) is 14.9 Å². The molecule has 0 heterocycles. The summed E-state index contributed by atoms with van der Waals surface area (Å²) in [6, 6.07) is 5.31. The summed E-state index contributed by atoms with van der Waals surface area (Å²) >= 11 is 2.07. The van der Waals surface area contributed by atoms with E-state index in [1.807, 2.05) is 6.07 Å². The molecule has 0 fully saturated rings. The third-order valence-electron chi connectivity index (χ3n) is 1.91. The van der Waals surface area contributed by atoms with Crippen LogP contribution in [0.2, 0.25) is 0 Å². The first-order valence-electron chi connectivity index (χ1n) is 4.99. The van der Waals surface area contributed by atoms with E-state index in [0.29, 0.717) is 36.8 Å². The van der Waals surface area contributed by atoms with E-state index in [-0.39, 0.29) is 6.61 Å². The lowest BCUT2D eigenvalue weighted by atomic mass is 10.2. The van der Waals surface area contributed by atoms with Crippen molar-refractivity contribution in [2.75, 3.05) is 32.2 Å². The molecule has 0 saturated heterocycles. The molecule has 0 aliphatic rings. The number of rotatable bonds is 6. The van der Waals surface area contributed by atoms with Crippen LogP contribution < -0.4 is 10.5 Å². The maximum Gasteiger partial charge on any atom is 0.155 e. The second-order valence-electron chi connectivity index (χ2n) is 3.17. The van der Waals surface area contributed by atoms with Crippen LogP contribution in [0.3, 0.4) is 0 Å². The topological polar surface area (TPSA) is 88.5 Å². The predicted molar refractivity (Wildman–Crippen MR) is 71.7 cm³/mol. The Morgan fingerprint density at radius 2 is 2.12 bits per heavy atom. The van der Waals surface area contributed by atoms with Crippen molar-refractivity contribution in [1.82, 2.24) is 0 Å². The van der Waals surface area contributed by atoms with Crippen molar-refractivity contribution in [3.63, 3.8) is 0 Å². The fraction of sp³-hybridized carbons (Fsp3) is 0.364. The summed E-state index contributed by atoms with van der Waals surface area (Å²) in [6.07, 6.45) is 0. The van der Waals surface area contributed by atoms with Crippen LogP contribution in [-0.2, 0) is 4.74 Å². The van der Waals surface area contributed by atoms with Crippen molar-refractivity contribution < 1.29 is 14.6 Å². The highest BCUT2D eigenvalue weighted by atomic mass is 127. The molecule has 1 aromatic carbocycles. The molecule has 0 aromatic heterocycles. The van der Waals surface area contributed by atoms with Gasteiger partial charge in [0.25, 0.3) is 0 Å². The lowest BCUT2D eigenvalue weighted by molar-refractivity contribution is 0.0705. The Bertz CT molecular complexity index is 395. The maximum absolute atomic E-state index is 8.76. The summed E-state index contributed by atoms with van der Waals surface area (Å²) < 4.78 is 11.3. The number of nitriles is 1. The van der Waals surface area contributed by atoms with Crippen LogP contribution in [0.15, 0.2) is 12.1 Å². The van der Waals surface area contributed by atoms with Gasteiger partial charge in [0.1, 0.15) is 6.61 Å². The molecule has 0 saturated carbocycles. The summed E-state index contributed by atoms with van der Waals surface area (Å²) in [5.41, 5.74) is 6.73. The summed E-state index contributed by atoms with van der Waals surface area (Å²) in [5, 5.41) is 17.3. The molecule has 0 radical (unpaired) electrons. The molecular weight excluding hydrogens is 335 g/mol. The average Bonchev–Trinajstić information content (AvgIpc) is 2.31. The van der Waals surface area contributed by atoms with Gasteiger partial charge in [0, 0.05) is 0 Å². The van der Waals surface area contributed by atoms with Crippen molar-refractivity contribution in [3.8, 4) is 11.8 Å². The van der Waals surface area contributed by atoms with E-state index in [1.165, 1.54) is 0 Å².